The van der Waals surface area contributed by atoms with E-state index in [1.165, 1.54) is 0 Å². The third-order valence-electron chi connectivity index (χ3n) is 2.62. The molecule has 0 aromatic heterocycles. The number of rotatable bonds is 3. The van der Waals surface area contributed by atoms with E-state index < -0.39 is 36.1 Å². The predicted molar refractivity (Wildman–Crippen MR) is 41.7 cm³/mol. The molecule has 1 aliphatic rings. The maximum Gasteiger partial charge on any atom is 1.00 e. The summed E-state index contributed by atoms with van der Waals surface area (Å²) in [6.07, 6.45) is -6.61. The third-order valence-corrected chi connectivity index (χ3v) is 2.62. The van der Waals surface area contributed by atoms with E-state index in [2.05, 4.69) is 5.32 Å². The first kappa shape index (κ1) is 16.8. The van der Waals surface area contributed by atoms with Crippen LogP contribution >= 0.6 is 0 Å². The normalized spacial score (nSPS) is 33.8. The van der Waals surface area contributed by atoms with Gasteiger partial charge in [-0.3, -0.25) is 0 Å². The molecule has 0 unspecified atom stereocenters. The van der Waals surface area contributed by atoms with E-state index >= 15 is 0 Å². The van der Waals surface area contributed by atoms with Crippen molar-refractivity contribution in [1.82, 2.24) is 5.32 Å². The number of carbonyl (C=O) groups excluding carboxylic acids is 1. The van der Waals surface area contributed by atoms with E-state index in [1.807, 2.05) is 0 Å². The molecule has 0 spiro atoms. The first-order valence-electron chi connectivity index (χ1n) is 4.42. The van der Waals surface area contributed by atoms with Crippen molar-refractivity contribution in [1.29, 1.82) is 0 Å². The first-order valence-corrected chi connectivity index (χ1v) is 4.42. The maximum absolute atomic E-state index is 12.2. The number of nitrogens with one attached hydrogen (secondary N) is 1. The molecule has 0 atom stereocenters. The minimum Gasteiger partial charge on any atom is -0.548 e. The van der Waals surface area contributed by atoms with E-state index in [1.54, 1.807) is 6.92 Å². The second-order valence-corrected chi connectivity index (χ2v) is 3.78. The van der Waals surface area contributed by atoms with Crippen LogP contribution in [0.1, 0.15) is 19.8 Å². The van der Waals surface area contributed by atoms with Crippen LogP contribution in [0, 0.1) is 0 Å². The minimum absolute atomic E-state index is 0. The Labute approximate surface area is 133 Å². The van der Waals surface area contributed by atoms with Gasteiger partial charge in [0, 0.05) is 12.8 Å². The van der Waals surface area contributed by atoms with Gasteiger partial charge in [0.2, 0.25) is 0 Å². The molecule has 0 saturated heterocycles. The Bertz CT molecular complexity index is 276. The van der Waals surface area contributed by atoms with Gasteiger partial charge in [-0.15, -0.1) is 0 Å². The number of carboxylic acids is 1. The van der Waals surface area contributed by atoms with Gasteiger partial charge in [0.15, 0.2) is 5.60 Å². The van der Waals surface area contributed by atoms with Crippen molar-refractivity contribution in [3.63, 3.8) is 0 Å². The molecule has 88 valence electrons. The number of hydrogen-bond acceptors (Lipinski definition) is 4. The van der Waals surface area contributed by atoms with Crippen molar-refractivity contribution in [3.8, 4) is 0 Å². The molecule has 1 saturated carbocycles. The molecule has 2 N–H and O–H groups in total. The number of carboxylic acid groups (broad SMARTS) is 1. The van der Waals surface area contributed by atoms with Crippen LogP contribution in [-0.2, 0) is 4.79 Å². The number of carbonyl (C=O) groups is 1. The average Bonchev–Trinajstić information content (AvgIpc) is 1.98. The van der Waals surface area contributed by atoms with Crippen molar-refractivity contribution in [2.24, 2.45) is 0 Å². The second-order valence-electron chi connectivity index (χ2n) is 3.78. The number of aliphatic carboxylic acids is 1. The van der Waals surface area contributed by atoms with Crippen LogP contribution in [0.4, 0.5) is 13.2 Å². The van der Waals surface area contributed by atoms with Crippen LogP contribution < -0.4 is 61.8 Å². The van der Waals surface area contributed by atoms with E-state index in [0.29, 0.717) is 0 Å². The van der Waals surface area contributed by atoms with Gasteiger partial charge in [-0.2, -0.15) is 13.2 Å². The summed E-state index contributed by atoms with van der Waals surface area (Å²) in [7, 11) is 0. The summed E-state index contributed by atoms with van der Waals surface area (Å²) in [6.45, 7) is 1.76. The second kappa shape index (κ2) is 5.21. The summed E-state index contributed by atoms with van der Waals surface area (Å²) in [5, 5.41) is 22.2. The topological polar surface area (TPSA) is 72.4 Å². The molecule has 0 aromatic carbocycles. The SMILES string of the molecule is CCNC1(C(=O)[O-])CC(O)(C(F)(F)F)C1.[K+]. The molecule has 1 aliphatic carbocycles. The van der Waals surface area contributed by atoms with Crippen molar-refractivity contribution in [2.75, 3.05) is 6.54 Å². The zero-order valence-electron chi connectivity index (χ0n) is 9.02. The van der Waals surface area contributed by atoms with Crippen LogP contribution in [0.15, 0.2) is 0 Å². The molecule has 16 heavy (non-hydrogen) atoms. The van der Waals surface area contributed by atoms with Gasteiger partial charge in [-0.1, -0.05) is 6.92 Å². The Morgan fingerprint density at radius 3 is 2.19 bits per heavy atom. The fourth-order valence-electron chi connectivity index (χ4n) is 1.83. The monoisotopic (exact) mass is 265 g/mol. The molecule has 0 aliphatic heterocycles. The molecule has 1 rings (SSSR count). The van der Waals surface area contributed by atoms with Crippen molar-refractivity contribution in [2.45, 2.75) is 37.1 Å². The Morgan fingerprint density at radius 2 is 1.94 bits per heavy atom. The number of aliphatic hydroxyl groups is 1. The number of likely N-dealkylation sites (N-methyl/N-ethyl adjacent to an activating group) is 1. The van der Waals surface area contributed by atoms with E-state index in [4.69, 9.17) is 5.11 Å². The minimum atomic E-state index is -4.80. The fourth-order valence-corrected chi connectivity index (χ4v) is 1.83. The maximum atomic E-state index is 12.2. The quantitative estimate of drug-likeness (QED) is 0.513. The Hall–Kier alpha value is 0.816. The Morgan fingerprint density at radius 1 is 1.50 bits per heavy atom. The molecule has 0 amide bonds. The number of hydrogen-bond donors (Lipinski definition) is 2. The average molecular weight is 265 g/mol. The van der Waals surface area contributed by atoms with Gasteiger partial charge in [-0.05, 0) is 6.54 Å². The molecule has 1 fully saturated rings. The summed E-state index contributed by atoms with van der Waals surface area (Å²) >= 11 is 0. The van der Waals surface area contributed by atoms with E-state index in [-0.39, 0.29) is 57.9 Å². The summed E-state index contributed by atoms with van der Waals surface area (Å²) in [4.78, 5) is 10.7. The van der Waals surface area contributed by atoms with Crippen molar-refractivity contribution < 1.29 is 79.6 Å². The van der Waals surface area contributed by atoms with Gasteiger partial charge in [0.25, 0.3) is 0 Å². The Balaban J connectivity index is 0.00000225. The summed E-state index contributed by atoms with van der Waals surface area (Å²) in [6, 6.07) is 0. The van der Waals surface area contributed by atoms with Crippen molar-refractivity contribution in [3.05, 3.63) is 0 Å². The fraction of sp³-hybridized carbons (Fsp3) is 0.875. The summed E-state index contributed by atoms with van der Waals surface area (Å²) in [5.41, 5.74) is -4.66. The van der Waals surface area contributed by atoms with Crippen LogP contribution in [-0.4, -0.2) is 34.9 Å². The smallest absolute Gasteiger partial charge is 0.548 e. The van der Waals surface area contributed by atoms with Gasteiger partial charge in [0.1, 0.15) is 0 Å². The van der Waals surface area contributed by atoms with Crippen molar-refractivity contribution >= 4 is 5.97 Å². The molecular formula is C8H11F3KNO3. The van der Waals surface area contributed by atoms with Crippen LogP contribution in [0.25, 0.3) is 0 Å². The molecule has 8 heteroatoms. The molecule has 0 bridgehead atoms. The number of halogens is 3. The van der Waals surface area contributed by atoms with Gasteiger partial charge in [0.05, 0.1) is 11.5 Å². The van der Waals surface area contributed by atoms with E-state index in [9.17, 15) is 23.1 Å². The molecular weight excluding hydrogens is 254 g/mol. The zero-order valence-corrected chi connectivity index (χ0v) is 12.1. The molecule has 0 aromatic rings. The molecule has 4 nitrogen and oxygen atoms in total. The summed E-state index contributed by atoms with van der Waals surface area (Å²) in [5.74, 6) is -1.61. The van der Waals surface area contributed by atoms with Gasteiger partial charge in [-0.25, -0.2) is 0 Å². The van der Waals surface area contributed by atoms with Crippen LogP contribution in [0.2, 0.25) is 0 Å². The Kier molecular flexibility index (Phi) is 5.48. The van der Waals surface area contributed by atoms with E-state index in [0.717, 1.165) is 0 Å². The zero-order chi connectivity index (χ0) is 11.9. The predicted octanol–water partition coefficient (Wildman–Crippen LogP) is -3.82. The third kappa shape index (κ3) is 2.79. The summed E-state index contributed by atoms with van der Waals surface area (Å²) < 4.78 is 36.7. The first-order chi connectivity index (χ1) is 6.67. The van der Waals surface area contributed by atoms with Gasteiger partial charge < -0.3 is 20.3 Å². The van der Waals surface area contributed by atoms with Crippen LogP contribution in [0.3, 0.4) is 0 Å². The van der Waals surface area contributed by atoms with Gasteiger partial charge >= 0.3 is 57.6 Å². The molecule has 0 radical (unpaired) electrons. The standard InChI is InChI=1S/C8H12F3NO3.K/c1-2-12-6(5(13)14)3-7(15,4-6)8(9,10)11;/h12,15H,2-4H2,1H3,(H,13,14);/q;+1/p-1. The van der Waals surface area contributed by atoms with Crippen LogP contribution in [0.5, 0.6) is 0 Å². The molecule has 0 heterocycles. The number of alkyl halides is 3. The largest absolute Gasteiger partial charge is 1.00 e.